The summed E-state index contributed by atoms with van der Waals surface area (Å²) in [7, 11) is 1.50. The molecule has 0 heterocycles. The molecule has 0 bridgehead atoms. The van der Waals surface area contributed by atoms with Crippen molar-refractivity contribution in [1.29, 1.82) is 5.26 Å². The number of ketones is 1. The van der Waals surface area contributed by atoms with Gasteiger partial charge in [0.25, 0.3) is 0 Å². The predicted octanol–water partition coefficient (Wildman–Crippen LogP) is 7.03. The van der Waals surface area contributed by atoms with Gasteiger partial charge >= 0.3 is 5.97 Å². The van der Waals surface area contributed by atoms with Crippen molar-refractivity contribution in [2.45, 2.75) is 30.6 Å². The normalized spacial score (nSPS) is 20.0. The zero-order valence-corrected chi connectivity index (χ0v) is 24.2. The van der Waals surface area contributed by atoms with Crippen LogP contribution in [0.15, 0.2) is 60.2 Å². The van der Waals surface area contributed by atoms with E-state index >= 15 is 0 Å². The fraction of sp³-hybridized carbons (Fsp3) is 0.258. The number of nitriles is 1. The number of nitrogens with two attached hydrogens (primary N) is 1. The summed E-state index contributed by atoms with van der Waals surface area (Å²) in [5.41, 5.74) is 7.64. The van der Waals surface area contributed by atoms with Crippen LogP contribution in [0.2, 0.25) is 15.1 Å². The van der Waals surface area contributed by atoms with E-state index in [1.54, 1.807) is 42.5 Å². The third-order valence-electron chi connectivity index (χ3n) is 7.62. The summed E-state index contributed by atoms with van der Waals surface area (Å²) in [6.07, 6.45) is 2.01. The first-order chi connectivity index (χ1) is 19.6. The average Bonchev–Trinajstić information content (AvgIpc) is 3.88. The molecule has 0 aliphatic heterocycles. The maximum absolute atomic E-state index is 13.1. The van der Waals surface area contributed by atoms with E-state index in [0.29, 0.717) is 49.7 Å². The van der Waals surface area contributed by atoms with Gasteiger partial charge in [0.15, 0.2) is 5.78 Å². The number of carboxylic acid groups (broad SMARTS) is 1. The second kappa shape index (κ2) is 11.3. The molecule has 2 atom stereocenters. The first-order valence-corrected chi connectivity index (χ1v) is 14.0. The number of carbonyl (C=O) groups excluding carboxylic acids is 1. The highest BCUT2D eigenvalue weighted by molar-refractivity contribution is 6.37. The number of carboxylic acids is 1. The highest BCUT2D eigenvalue weighted by Gasteiger charge is 2.58. The molecule has 2 unspecified atom stereocenters. The summed E-state index contributed by atoms with van der Waals surface area (Å²) >= 11 is 19.4. The van der Waals surface area contributed by atoms with E-state index in [-0.39, 0.29) is 41.1 Å². The molecule has 3 aromatic rings. The third kappa shape index (κ3) is 5.48. The number of benzene rings is 3. The van der Waals surface area contributed by atoms with Gasteiger partial charge in [-0.2, -0.15) is 5.26 Å². The van der Waals surface area contributed by atoms with E-state index in [2.05, 4.69) is 6.07 Å². The number of hydrogen-bond donors (Lipinski definition) is 2. The van der Waals surface area contributed by atoms with E-state index in [1.165, 1.54) is 19.2 Å². The van der Waals surface area contributed by atoms with Crippen LogP contribution in [-0.2, 0) is 10.2 Å². The third-order valence-corrected chi connectivity index (χ3v) is 8.56. The second-order valence-electron chi connectivity index (χ2n) is 10.2. The Morgan fingerprint density at radius 1 is 1.07 bits per heavy atom. The zero-order chi connectivity index (χ0) is 29.5. The number of carbonyl (C=O) groups is 2. The van der Waals surface area contributed by atoms with Gasteiger partial charge in [-0.3, -0.25) is 4.79 Å². The van der Waals surface area contributed by atoms with Crippen LogP contribution < -0.4 is 15.2 Å². The number of aromatic carboxylic acids is 1. The number of nitrogens with zero attached hydrogens (tertiary/aromatic N) is 1. The molecule has 0 saturated heterocycles. The Kier molecular flexibility index (Phi) is 7.93. The Hall–Kier alpha value is -3.70. The first-order valence-electron chi connectivity index (χ1n) is 12.8. The van der Waals surface area contributed by atoms with Crippen molar-refractivity contribution in [3.8, 4) is 17.6 Å². The number of rotatable bonds is 10. The molecule has 3 N–H and O–H groups in total. The molecule has 0 radical (unpaired) electrons. The summed E-state index contributed by atoms with van der Waals surface area (Å²) in [4.78, 5) is 24.7. The molecule has 210 valence electrons. The molecule has 2 aliphatic rings. The molecular formula is C31H25Cl3N2O5. The minimum absolute atomic E-state index is 0.108. The molecule has 2 fully saturated rings. The average molecular weight is 612 g/mol. The highest BCUT2D eigenvalue weighted by Crippen LogP contribution is 2.63. The van der Waals surface area contributed by atoms with Crippen LogP contribution in [0.1, 0.15) is 52.2 Å². The van der Waals surface area contributed by atoms with Crippen molar-refractivity contribution in [3.05, 3.63) is 97.5 Å². The van der Waals surface area contributed by atoms with E-state index < -0.39 is 11.4 Å². The van der Waals surface area contributed by atoms with E-state index in [4.69, 9.17) is 50.0 Å². The largest absolute Gasteiger partial charge is 0.496 e. The van der Waals surface area contributed by atoms with Crippen LogP contribution in [-0.4, -0.2) is 30.6 Å². The summed E-state index contributed by atoms with van der Waals surface area (Å²) in [6, 6.07) is 17.0. The number of Topliss-reactive ketones (excluding diaryl/α,β-unsaturated/α-hetero) is 1. The molecule has 2 saturated carbocycles. The summed E-state index contributed by atoms with van der Waals surface area (Å²) in [5, 5.41) is 20.6. The van der Waals surface area contributed by atoms with Crippen molar-refractivity contribution >= 4 is 52.3 Å². The fourth-order valence-electron chi connectivity index (χ4n) is 5.14. The van der Waals surface area contributed by atoms with Crippen molar-refractivity contribution < 1.29 is 24.2 Å². The summed E-state index contributed by atoms with van der Waals surface area (Å²) < 4.78 is 11.4. The van der Waals surface area contributed by atoms with E-state index in [9.17, 15) is 20.0 Å². The lowest BCUT2D eigenvalue weighted by atomic mass is 9.91. The monoisotopic (exact) mass is 610 g/mol. The predicted molar refractivity (Wildman–Crippen MR) is 157 cm³/mol. The SMILES string of the molecule is COc1ccc(C(=O)O)cc1C1CC1(C#N)c1ccc(OCC(C(=O)C2CC2)=C(N)c2c(Cl)cccc2Cl)cc1Cl. The van der Waals surface area contributed by atoms with E-state index in [0.717, 1.165) is 12.8 Å². The Balaban J connectivity index is 1.42. The summed E-state index contributed by atoms with van der Waals surface area (Å²) in [5.74, 6) is -0.710. The molecule has 0 aromatic heterocycles. The maximum Gasteiger partial charge on any atom is 0.335 e. The van der Waals surface area contributed by atoms with Gasteiger partial charge in [0.1, 0.15) is 18.1 Å². The minimum Gasteiger partial charge on any atom is -0.496 e. The van der Waals surface area contributed by atoms with Crippen molar-refractivity contribution in [1.82, 2.24) is 0 Å². The molecule has 0 amide bonds. The lowest BCUT2D eigenvalue weighted by molar-refractivity contribution is -0.116. The number of hydrogen-bond acceptors (Lipinski definition) is 6. The Bertz CT molecular complexity index is 1620. The molecular weight excluding hydrogens is 587 g/mol. The fourth-order valence-corrected chi connectivity index (χ4v) is 6.08. The van der Waals surface area contributed by atoms with Crippen LogP contribution in [0.25, 0.3) is 5.70 Å². The second-order valence-corrected chi connectivity index (χ2v) is 11.4. The zero-order valence-electron chi connectivity index (χ0n) is 21.9. The van der Waals surface area contributed by atoms with Gasteiger partial charge in [0.2, 0.25) is 0 Å². The molecule has 2 aliphatic carbocycles. The first kappa shape index (κ1) is 28.8. The van der Waals surface area contributed by atoms with Crippen LogP contribution >= 0.6 is 34.8 Å². The Morgan fingerprint density at radius 3 is 2.37 bits per heavy atom. The van der Waals surface area contributed by atoms with Crippen LogP contribution in [0.3, 0.4) is 0 Å². The van der Waals surface area contributed by atoms with Gasteiger partial charge in [-0.05, 0) is 67.3 Å². The van der Waals surface area contributed by atoms with Gasteiger partial charge in [-0.1, -0.05) is 46.9 Å². The molecule has 3 aromatic carbocycles. The number of ether oxygens (including phenoxy) is 2. The topological polar surface area (TPSA) is 123 Å². The lowest BCUT2D eigenvalue weighted by Crippen LogP contribution is -2.18. The maximum atomic E-state index is 13.1. The molecule has 5 rings (SSSR count). The highest BCUT2D eigenvalue weighted by atomic mass is 35.5. The van der Waals surface area contributed by atoms with Crippen LogP contribution in [0.5, 0.6) is 11.5 Å². The number of methoxy groups -OCH3 is 1. The van der Waals surface area contributed by atoms with Gasteiger partial charge < -0.3 is 20.3 Å². The van der Waals surface area contributed by atoms with Crippen molar-refractivity contribution in [2.75, 3.05) is 13.7 Å². The molecule has 41 heavy (non-hydrogen) atoms. The van der Waals surface area contributed by atoms with Crippen molar-refractivity contribution in [3.63, 3.8) is 0 Å². The van der Waals surface area contributed by atoms with Crippen LogP contribution in [0, 0.1) is 17.2 Å². The van der Waals surface area contributed by atoms with Gasteiger partial charge in [-0.15, -0.1) is 0 Å². The van der Waals surface area contributed by atoms with Gasteiger partial charge in [-0.25, -0.2) is 4.79 Å². The van der Waals surface area contributed by atoms with Crippen LogP contribution in [0.4, 0.5) is 0 Å². The van der Waals surface area contributed by atoms with E-state index in [1.807, 2.05) is 0 Å². The molecule has 7 nitrogen and oxygen atoms in total. The standard InChI is InChI=1S/C31H25Cl3N2O5/c1-40-26-10-7-17(30(38)39)11-19(26)22-13-31(22,15-35)21-9-8-18(12-25(21)34)41-14-20(29(37)16-5-6-16)28(36)27-23(32)3-2-4-24(27)33/h2-4,7-12,16,22H,5-6,13-14,36H2,1H3,(H,38,39). The molecule has 0 spiro atoms. The number of halogens is 3. The minimum atomic E-state index is -1.07. The van der Waals surface area contributed by atoms with Gasteiger partial charge in [0.05, 0.1) is 45.5 Å². The van der Waals surface area contributed by atoms with Crippen molar-refractivity contribution in [2.24, 2.45) is 11.7 Å². The summed E-state index contributed by atoms with van der Waals surface area (Å²) in [6.45, 7) is -0.121. The Morgan fingerprint density at radius 2 is 1.78 bits per heavy atom. The van der Waals surface area contributed by atoms with Gasteiger partial charge in [0, 0.05) is 28.0 Å². The smallest absolute Gasteiger partial charge is 0.335 e. The lowest BCUT2D eigenvalue weighted by Gasteiger charge is -2.17. The molecule has 10 heteroatoms. The Labute approximate surface area is 252 Å². The quantitative estimate of drug-likeness (QED) is 0.236.